The number of aromatic nitrogens is 2. The fourth-order valence-electron chi connectivity index (χ4n) is 1.98. The van der Waals surface area contributed by atoms with E-state index in [1.165, 1.54) is 15.3 Å². The first-order valence-corrected chi connectivity index (χ1v) is 6.65. The third kappa shape index (κ3) is 2.61. The molecule has 0 aromatic carbocycles. The maximum atomic E-state index is 12.0. The van der Waals surface area contributed by atoms with E-state index in [2.05, 4.69) is 30.3 Å². The van der Waals surface area contributed by atoms with Gasteiger partial charge in [-0.15, -0.1) is 11.3 Å². The minimum Gasteiger partial charge on any atom is -0.345 e. The SMILES string of the molecule is Cc1cc([C@H](C)NC(=O)c2cnn(C)c2)c(C)s1. The zero-order valence-electron chi connectivity index (χ0n) is 11.0. The summed E-state index contributed by atoms with van der Waals surface area (Å²) in [6.07, 6.45) is 3.29. The van der Waals surface area contributed by atoms with Crippen molar-refractivity contribution in [1.82, 2.24) is 15.1 Å². The van der Waals surface area contributed by atoms with E-state index in [0.717, 1.165) is 0 Å². The minimum atomic E-state index is -0.0844. The molecule has 0 aliphatic rings. The van der Waals surface area contributed by atoms with Gasteiger partial charge < -0.3 is 5.32 Å². The molecule has 0 aliphatic heterocycles. The first-order valence-electron chi connectivity index (χ1n) is 5.84. The van der Waals surface area contributed by atoms with Gasteiger partial charge in [0.05, 0.1) is 17.8 Å². The van der Waals surface area contributed by atoms with Crippen LogP contribution in [0.2, 0.25) is 0 Å². The highest BCUT2D eigenvalue weighted by Crippen LogP contribution is 2.26. The van der Waals surface area contributed by atoms with Gasteiger partial charge in [0.15, 0.2) is 0 Å². The molecule has 0 unspecified atom stereocenters. The molecule has 0 aliphatic carbocycles. The summed E-state index contributed by atoms with van der Waals surface area (Å²) in [6.45, 7) is 6.17. The van der Waals surface area contributed by atoms with E-state index >= 15 is 0 Å². The van der Waals surface area contributed by atoms with Crippen molar-refractivity contribution in [2.24, 2.45) is 7.05 Å². The number of hydrogen-bond donors (Lipinski definition) is 1. The smallest absolute Gasteiger partial charge is 0.254 e. The lowest BCUT2D eigenvalue weighted by molar-refractivity contribution is 0.0940. The topological polar surface area (TPSA) is 46.9 Å². The van der Waals surface area contributed by atoms with Gasteiger partial charge in [-0.3, -0.25) is 9.48 Å². The molecule has 18 heavy (non-hydrogen) atoms. The molecular formula is C13H17N3OS. The van der Waals surface area contributed by atoms with Crippen molar-refractivity contribution in [2.45, 2.75) is 26.8 Å². The van der Waals surface area contributed by atoms with Crippen LogP contribution in [0.15, 0.2) is 18.5 Å². The maximum absolute atomic E-state index is 12.0. The highest BCUT2D eigenvalue weighted by molar-refractivity contribution is 7.12. The Hall–Kier alpha value is -1.62. The summed E-state index contributed by atoms with van der Waals surface area (Å²) < 4.78 is 1.62. The molecule has 0 saturated heterocycles. The molecule has 2 rings (SSSR count). The largest absolute Gasteiger partial charge is 0.345 e. The second-order valence-corrected chi connectivity index (χ2v) is 5.93. The zero-order valence-corrected chi connectivity index (χ0v) is 11.8. The summed E-state index contributed by atoms with van der Waals surface area (Å²) in [5.41, 5.74) is 1.78. The van der Waals surface area contributed by atoms with Gasteiger partial charge in [-0.2, -0.15) is 5.10 Å². The standard InChI is InChI=1S/C13H17N3OS/c1-8-5-12(10(3)18-8)9(2)15-13(17)11-6-14-16(4)7-11/h5-7,9H,1-4H3,(H,15,17)/t9-/m0/s1. The molecule has 0 fully saturated rings. The number of nitrogens with zero attached hydrogens (tertiary/aromatic N) is 2. The Morgan fingerprint density at radius 3 is 2.72 bits per heavy atom. The molecule has 0 spiro atoms. The van der Waals surface area contributed by atoms with Gasteiger partial charge in [0.1, 0.15) is 0 Å². The van der Waals surface area contributed by atoms with Crippen molar-refractivity contribution in [1.29, 1.82) is 0 Å². The first-order chi connectivity index (χ1) is 8.47. The van der Waals surface area contributed by atoms with Gasteiger partial charge in [0, 0.05) is 23.0 Å². The van der Waals surface area contributed by atoms with Gasteiger partial charge in [0.25, 0.3) is 5.91 Å². The molecule has 1 N–H and O–H groups in total. The molecule has 2 aromatic heterocycles. The molecule has 2 heterocycles. The van der Waals surface area contributed by atoms with Crippen LogP contribution < -0.4 is 5.32 Å². The Morgan fingerprint density at radius 2 is 2.22 bits per heavy atom. The Labute approximate surface area is 111 Å². The highest BCUT2D eigenvalue weighted by Gasteiger charge is 2.15. The van der Waals surface area contributed by atoms with E-state index in [1.54, 1.807) is 35.5 Å². The molecular weight excluding hydrogens is 246 g/mol. The van der Waals surface area contributed by atoms with Crippen LogP contribution in [0.1, 0.15) is 38.6 Å². The normalized spacial score (nSPS) is 12.4. The third-order valence-corrected chi connectivity index (χ3v) is 3.84. The van der Waals surface area contributed by atoms with Crippen molar-refractivity contribution < 1.29 is 4.79 Å². The molecule has 0 saturated carbocycles. The predicted octanol–water partition coefficient (Wildman–Crippen LogP) is 2.59. The van der Waals surface area contributed by atoms with Gasteiger partial charge in [-0.05, 0) is 32.4 Å². The van der Waals surface area contributed by atoms with Crippen molar-refractivity contribution in [3.8, 4) is 0 Å². The average molecular weight is 263 g/mol. The number of nitrogens with one attached hydrogen (secondary N) is 1. The van der Waals surface area contributed by atoms with E-state index < -0.39 is 0 Å². The Morgan fingerprint density at radius 1 is 1.50 bits per heavy atom. The summed E-state index contributed by atoms with van der Waals surface area (Å²) in [7, 11) is 1.80. The summed E-state index contributed by atoms with van der Waals surface area (Å²) in [5.74, 6) is -0.0844. The van der Waals surface area contributed by atoms with Gasteiger partial charge in [-0.1, -0.05) is 0 Å². The zero-order chi connectivity index (χ0) is 13.3. The molecule has 0 radical (unpaired) electrons. The molecule has 4 nitrogen and oxygen atoms in total. The van der Waals surface area contributed by atoms with Crippen molar-refractivity contribution in [3.05, 3.63) is 39.3 Å². The van der Waals surface area contributed by atoms with E-state index in [1.807, 2.05) is 6.92 Å². The van der Waals surface area contributed by atoms with Crippen molar-refractivity contribution in [3.63, 3.8) is 0 Å². The molecule has 1 atom stereocenters. The summed E-state index contributed by atoms with van der Waals surface area (Å²) >= 11 is 1.76. The summed E-state index contributed by atoms with van der Waals surface area (Å²) in [6, 6.07) is 2.15. The summed E-state index contributed by atoms with van der Waals surface area (Å²) in [4.78, 5) is 14.5. The number of thiophene rings is 1. The summed E-state index contributed by atoms with van der Waals surface area (Å²) in [5, 5.41) is 6.99. The van der Waals surface area contributed by atoms with Gasteiger partial charge >= 0.3 is 0 Å². The van der Waals surface area contributed by atoms with Crippen LogP contribution in [0.4, 0.5) is 0 Å². The van der Waals surface area contributed by atoms with Crippen molar-refractivity contribution in [2.75, 3.05) is 0 Å². The number of rotatable bonds is 3. The fraction of sp³-hybridized carbons (Fsp3) is 0.385. The number of carbonyl (C=O) groups excluding carboxylic acids is 1. The van der Waals surface area contributed by atoms with E-state index in [4.69, 9.17) is 0 Å². The van der Waals surface area contributed by atoms with Crippen LogP contribution in [-0.4, -0.2) is 15.7 Å². The highest BCUT2D eigenvalue weighted by atomic mass is 32.1. The van der Waals surface area contributed by atoms with Crippen LogP contribution in [0.3, 0.4) is 0 Å². The Kier molecular flexibility index (Phi) is 3.52. The molecule has 1 amide bonds. The lowest BCUT2D eigenvalue weighted by Crippen LogP contribution is -2.26. The van der Waals surface area contributed by atoms with Crippen LogP contribution in [0.5, 0.6) is 0 Å². The Balaban J connectivity index is 2.10. The van der Waals surface area contributed by atoms with E-state index in [-0.39, 0.29) is 11.9 Å². The fourth-order valence-corrected chi connectivity index (χ4v) is 3.00. The van der Waals surface area contributed by atoms with Crippen molar-refractivity contribution >= 4 is 17.2 Å². The van der Waals surface area contributed by atoms with Crippen LogP contribution in [-0.2, 0) is 7.05 Å². The third-order valence-electron chi connectivity index (χ3n) is 2.86. The molecule has 96 valence electrons. The lowest BCUT2D eigenvalue weighted by atomic mass is 10.1. The van der Waals surface area contributed by atoms with E-state index in [0.29, 0.717) is 5.56 Å². The quantitative estimate of drug-likeness (QED) is 0.925. The first kappa shape index (κ1) is 12.8. The second-order valence-electron chi connectivity index (χ2n) is 4.47. The molecule has 5 heteroatoms. The lowest BCUT2D eigenvalue weighted by Gasteiger charge is -2.13. The minimum absolute atomic E-state index is 0.0163. The second kappa shape index (κ2) is 4.94. The van der Waals surface area contributed by atoms with Gasteiger partial charge in [0.2, 0.25) is 0 Å². The maximum Gasteiger partial charge on any atom is 0.254 e. The number of amides is 1. The van der Waals surface area contributed by atoms with Gasteiger partial charge in [-0.25, -0.2) is 0 Å². The predicted molar refractivity (Wildman–Crippen MR) is 72.9 cm³/mol. The molecule has 2 aromatic rings. The number of aryl methyl sites for hydroxylation is 3. The number of carbonyl (C=O) groups is 1. The van der Waals surface area contributed by atoms with Crippen LogP contribution >= 0.6 is 11.3 Å². The van der Waals surface area contributed by atoms with Crippen LogP contribution in [0, 0.1) is 13.8 Å². The number of hydrogen-bond acceptors (Lipinski definition) is 3. The Bertz CT molecular complexity index is 571. The molecule has 0 bridgehead atoms. The van der Waals surface area contributed by atoms with Crippen LogP contribution in [0.25, 0.3) is 0 Å². The average Bonchev–Trinajstić information content (AvgIpc) is 2.84. The monoisotopic (exact) mass is 263 g/mol. The van der Waals surface area contributed by atoms with E-state index in [9.17, 15) is 4.79 Å².